The second-order valence-corrected chi connectivity index (χ2v) is 5.17. The first-order valence-corrected chi connectivity index (χ1v) is 6.79. The van der Waals surface area contributed by atoms with Gasteiger partial charge in [0.05, 0.1) is 6.54 Å². The summed E-state index contributed by atoms with van der Waals surface area (Å²) in [7, 11) is 0. The number of tetrazole rings is 1. The molecule has 1 aromatic heterocycles. The monoisotopic (exact) mass is 277 g/mol. The number of hydrogen-bond acceptors (Lipinski definition) is 4. The number of hydrogen-bond donors (Lipinski definition) is 1. The van der Waals surface area contributed by atoms with Gasteiger partial charge in [0, 0.05) is 12.6 Å². The van der Waals surface area contributed by atoms with Crippen molar-refractivity contribution in [2.75, 3.05) is 0 Å². The summed E-state index contributed by atoms with van der Waals surface area (Å²) >= 11 is 0. The molecule has 0 aliphatic rings. The van der Waals surface area contributed by atoms with E-state index in [1.165, 1.54) is 6.07 Å². The van der Waals surface area contributed by atoms with E-state index in [1.54, 1.807) is 10.7 Å². The van der Waals surface area contributed by atoms with Crippen LogP contribution in [0.1, 0.15) is 30.8 Å². The van der Waals surface area contributed by atoms with Crippen molar-refractivity contribution < 1.29 is 4.39 Å². The van der Waals surface area contributed by atoms with Gasteiger partial charge in [-0.25, -0.2) is 9.07 Å². The van der Waals surface area contributed by atoms with Crippen molar-refractivity contribution in [3.63, 3.8) is 0 Å². The number of benzene rings is 1. The third-order valence-electron chi connectivity index (χ3n) is 3.17. The summed E-state index contributed by atoms with van der Waals surface area (Å²) < 4.78 is 14.8. The van der Waals surface area contributed by atoms with Gasteiger partial charge < -0.3 is 5.32 Å². The maximum atomic E-state index is 13.1. The first-order valence-electron chi connectivity index (χ1n) is 6.79. The molecule has 0 atom stereocenters. The Kier molecular flexibility index (Phi) is 4.79. The van der Waals surface area contributed by atoms with E-state index in [0.29, 0.717) is 19.1 Å². The molecule has 0 aliphatic carbocycles. The number of aromatic nitrogens is 4. The molecule has 0 unspecified atom stereocenters. The number of halogens is 1. The van der Waals surface area contributed by atoms with E-state index in [0.717, 1.165) is 23.4 Å². The molecule has 20 heavy (non-hydrogen) atoms. The van der Waals surface area contributed by atoms with E-state index in [9.17, 15) is 4.39 Å². The minimum Gasteiger partial charge on any atom is -0.308 e. The molecule has 5 nitrogen and oxygen atoms in total. The minimum atomic E-state index is -0.199. The maximum absolute atomic E-state index is 13.1. The number of nitrogens with one attached hydrogen (secondary N) is 1. The Balaban J connectivity index is 1.98. The fraction of sp³-hybridized carbons (Fsp3) is 0.500. The van der Waals surface area contributed by atoms with E-state index in [-0.39, 0.29) is 5.82 Å². The fourth-order valence-corrected chi connectivity index (χ4v) is 1.99. The molecule has 1 N–H and O–H groups in total. The highest BCUT2D eigenvalue weighted by atomic mass is 19.1. The summed E-state index contributed by atoms with van der Waals surface area (Å²) in [6, 6.07) is 5.25. The van der Waals surface area contributed by atoms with E-state index >= 15 is 0 Å². The average Bonchev–Trinajstić information content (AvgIpc) is 2.83. The van der Waals surface area contributed by atoms with Crippen LogP contribution in [0.3, 0.4) is 0 Å². The highest BCUT2D eigenvalue weighted by molar-refractivity contribution is 5.26. The molecule has 2 rings (SSSR count). The van der Waals surface area contributed by atoms with Crippen LogP contribution in [0.15, 0.2) is 18.2 Å². The largest absolute Gasteiger partial charge is 0.308 e. The molecule has 0 fully saturated rings. The highest BCUT2D eigenvalue weighted by Crippen LogP contribution is 2.11. The van der Waals surface area contributed by atoms with Crippen LogP contribution in [0.25, 0.3) is 0 Å². The quantitative estimate of drug-likeness (QED) is 0.875. The Hall–Kier alpha value is -1.82. The lowest BCUT2D eigenvalue weighted by molar-refractivity contribution is 0.516. The Morgan fingerprint density at radius 1 is 1.35 bits per heavy atom. The van der Waals surface area contributed by atoms with Crippen molar-refractivity contribution in [1.82, 2.24) is 25.5 Å². The van der Waals surface area contributed by atoms with Gasteiger partial charge in [-0.15, -0.1) is 5.10 Å². The van der Waals surface area contributed by atoms with Crippen molar-refractivity contribution in [1.29, 1.82) is 0 Å². The molecule has 0 spiro atoms. The standard InChI is InChI=1S/C14H20FN5/c1-10(2)16-9-14-17-18-19-20(14)7-6-12-4-5-13(15)8-11(12)3/h4-5,8,10,16H,6-7,9H2,1-3H3. The zero-order chi connectivity index (χ0) is 14.5. The van der Waals surface area contributed by atoms with Crippen LogP contribution in [-0.2, 0) is 19.5 Å². The first kappa shape index (κ1) is 14.6. The van der Waals surface area contributed by atoms with Gasteiger partial charge in [-0.1, -0.05) is 19.9 Å². The molecule has 1 aromatic carbocycles. The molecule has 0 amide bonds. The first-order chi connectivity index (χ1) is 9.56. The fourth-order valence-electron chi connectivity index (χ4n) is 1.99. The number of nitrogens with zero attached hydrogens (tertiary/aromatic N) is 4. The summed E-state index contributed by atoms with van der Waals surface area (Å²) in [6.07, 6.45) is 0.784. The van der Waals surface area contributed by atoms with Gasteiger partial charge in [0.15, 0.2) is 5.82 Å². The molecule has 1 heterocycles. The van der Waals surface area contributed by atoms with E-state index < -0.39 is 0 Å². The molecule has 0 aliphatic heterocycles. The van der Waals surface area contributed by atoms with Gasteiger partial charge in [0.2, 0.25) is 0 Å². The predicted molar refractivity (Wildman–Crippen MR) is 74.6 cm³/mol. The van der Waals surface area contributed by atoms with Gasteiger partial charge in [-0.2, -0.15) is 0 Å². The topological polar surface area (TPSA) is 55.6 Å². The summed E-state index contributed by atoms with van der Waals surface area (Å²) in [5.74, 6) is 0.619. The molecule has 6 heteroatoms. The summed E-state index contributed by atoms with van der Waals surface area (Å²) in [4.78, 5) is 0. The number of aryl methyl sites for hydroxylation is 3. The second kappa shape index (κ2) is 6.56. The van der Waals surface area contributed by atoms with Crippen LogP contribution in [0, 0.1) is 12.7 Å². The number of rotatable bonds is 6. The van der Waals surface area contributed by atoms with Crippen molar-refractivity contribution in [2.45, 2.75) is 46.3 Å². The van der Waals surface area contributed by atoms with Gasteiger partial charge >= 0.3 is 0 Å². The molecule has 2 aromatic rings. The Bertz CT molecular complexity index is 564. The molecule has 0 saturated heterocycles. The molecule has 0 radical (unpaired) electrons. The van der Waals surface area contributed by atoms with Crippen molar-refractivity contribution in [3.8, 4) is 0 Å². The van der Waals surface area contributed by atoms with Crippen molar-refractivity contribution in [3.05, 3.63) is 41.0 Å². The third-order valence-corrected chi connectivity index (χ3v) is 3.17. The SMILES string of the molecule is Cc1cc(F)ccc1CCn1nnnc1CNC(C)C. The van der Waals surface area contributed by atoms with Crippen LogP contribution in [0.2, 0.25) is 0 Å². The van der Waals surface area contributed by atoms with Gasteiger partial charge in [-0.3, -0.25) is 0 Å². The summed E-state index contributed by atoms with van der Waals surface area (Å²) in [6.45, 7) is 7.41. The molecule has 0 bridgehead atoms. The van der Waals surface area contributed by atoms with E-state index in [2.05, 4.69) is 34.7 Å². The normalized spacial score (nSPS) is 11.2. The van der Waals surface area contributed by atoms with Crippen LogP contribution in [0.4, 0.5) is 4.39 Å². The van der Waals surface area contributed by atoms with Gasteiger partial charge in [0.1, 0.15) is 5.82 Å². The molecular weight excluding hydrogens is 257 g/mol. The molecule has 108 valence electrons. The van der Waals surface area contributed by atoms with Crippen LogP contribution < -0.4 is 5.32 Å². The van der Waals surface area contributed by atoms with E-state index in [4.69, 9.17) is 0 Å². The zero-order valence-electron chi connectivity index (χ0n) is 12.1. The maximum Gasteiger partial charge on any atom is 0.165 e. The summed E-state index contributed by atoms with van der Waals surface area (Å²) in [5.41, 5.74) is 2.07. The third kappa shape index (κ3) is 3.84. The summed E-state index contributed by atoms with van der Waals surface area (Å²) in [5, 5.41) is 15.0. The van der Waals surface area contributed by atoms with E-state index in [1.807, 2.05) is 13.0 Å². The predicted octanol–water partition coefficient (Wildman–Crippen LogP) is 1.86. The Morgan fingerprint density at radius 3 is 2.85 bits per heavy atom. The highest BCUT2D eigenvalue weighted by Gasteiger charge is 2.07. The van der Waals surface area contributed by atoms with Crippen molar-refractivity contribution in [2.24, 2.45) is 0 Å². The minimum absolute atomic E-state index is 0.199. The lowest BCUT2D eigenvalue weighted by Gasteiger charge is -2.09. The molecular formula is C14H20FN5. The van der Waals surface area contributed by atoms with Gasteiger partial charge in [-0.05, 0) is 47.0 Å². The van der Waals surface area contributed by atoms with Crippen LogP contribution in [0.5, 0.6) is 0 Å². The second-order valence-electron chi connectivity index (χ2n) is 5.17. The average molecular weight is 277 g/mol. The van der Waals surface area contributed by atoms with Crippen LogP contribution in [-0.4, -0.2) is 26.2 Å². The van der Waals surface area contributed by atoms with Crippen molar-refractivity contribution >= 4 is 0 Å². The lowest BCUT2D eigenvalue weighted by atomic mass is 10.1. The Morgan fingerprint density at radius 2 is 2.15 bits per heavy atom. The zero-order valence-corrected chi connectivity index (χ0v) is 12.1. The van der Waals surface area contributed by atoms with Crippen LogP contribution >= 0.6 is 0 Å². The lowest BCUT2D eigenvalue weighted by Crippen LogP contribution is -2.24. The smallest absolute Gasteiger partial charge is 0.165 e. The Labute approximate surface area is 118 Å². The van der Waals surface area contributed by atoms with Gasteiger partial charge in [0.25, 0.3) is 0 Å². The molecule has 0 saturated carbocycles.